The normalized spacial score (nSPS) is 10.5. The predicted molar refractivity (Wildman–Crippen MR) is 96.7 cm³/mol. The second kappa shape index (κ2) is 7.19. The third-order valence-electron chi connectivity index (χ3n) is 3.72. The summed E-state index contributed by atoms with van der Waals surface area (Å²) in [5.41, 5.74) is -0.254. The van der Waals surface area contributed by atoms with Crippen LogP contribution in [0.25, 0.3) is 5.57 Å². The molecule has 10 heteroatoms. The van der Waals surface area contributed by atoms with Gasteiger partial charge in [0.1, 0.15) is 4.49 Å². The molecular formula is C16H12Cl2N2O6. The lowest BCUT2D eigenvalue weighted by Gasteiger charge is -2.12. The fourth-order valence-electron chi connectivity index (χ4n) is 2.47. The SMILES string of the molecule is Cc1cc(C(=C(Cl)Cl)c2cc(C)c(O)c([N+](=O)[O-])c2)cc([N+](=O)[O-])c1O. The van der Waals surface area contributed by atoms with Crippen molar-refractivity contribution in [2.75, 3.05) is 0 Å². The lowest BCUT2D eigenvalue weighted by Crippen LogP contribution is -1.98. The van der Waals surface area contributed by atoms with Gasteiger partial charge in [-0.25, -0.2) is 0 Å². The largest absolute Gasteiger partial charge is 0.502 e. The summed E-state index contributed by atoms with van der Waals surface area (Å²) in [6, 6.07) is 4.96. The van der Waals surface area contributed by atoms with E-state index in [4.69, 9.17) is 23.2 Å². The highest BCUT2D eigenvalue weighted by Gasteiger charge is 2.24. The minimum atomic E-state index is -0.768. The summed E-state index contributed by atoms with van der Waals surface area (Å²) < 4.78 is -0.288. The fourth-order valence-corrected chi connectivity index (χ4v) is 2.91. The molecular weight excluding hydrogens is 387 g/mol. The zero-order chi connectivity index (χ0) is 19.8. The topological polar surface area (TPSA) is 127 Å². The molecule has 2 aromatic rings. The quantitative estimate of drug-likeness (QED) is 0.566. The molecule has 0 saturated heterocycles. The summed E-state index contributed by atoms with van der Waals surface area (Å²) in [4.78, 5) is 20.7. The first-order valence-electron chi connectivity index (χ1n) is 7.06. The van der Waals surface area contributed by atoms with E-state index in [9.17, 15) is 30.4 Å². The molecule has 0 bridgehead atoms. The van der Waals surface area contributed by atoms with Gasteiger partial charge in [0.05, 0.1) is 9.85 Å². The summed E-state index contributed by atoms with van der Waals surface area (Å²) in [5, 5.41) is 41.9. The van der Waals surface area contributed by atoms with Crippen LogP contribution in [0.2, 0.25) is 0 Å². The summed E-state index contributed by atoms with van der Waals surface area (Å²) in [6.45, 7) is 2.91. The van der Waals surface area contributed by atoms with Crippen LogP contribution in [0.15, 0.2) is 28.8 Å². The summed E-state index contributed by atoms with van der Waals surface area (Å²) in [5.74, 6) is -1.01. The van der Waals surface area contributed by atoms with Crippen molar-refractivity contribution in [2.24, 2.45) is 0 Å². The summed E-state index contributed by atoms with van der Waals surface area (Å²) >= 11 is 11.9. The van der Waals surface area contributed by atoms with Crippen molar-refractivity contribution in [1.82, 2.24) is 0 Å². The third kappa shape index (κ3) is 3.56. The maximum atomic E-state index is 11.1. The highest BCUT2D eigenvalue weighted by atomic mass is 35.5. The molecule has 0 aliphatic heterocycles. The Hall–Kier alpha value is -2.84. The van der Waals surface area contributed by atoms with Crippen LogP contribution >= 0.6 is 23.2 Å². The monoisotopic (exact) mass is 398 g/mol. The number of hydrogen-bond donors (Lipinski definition) is 2. The Morgan fingerprint density at radius 2 is 1.19 bits per heavy atom. The van der Waals surface area contributed by atoms with Crippen LogP contribution in [-0.4, -0.2) is 20.1 Å². The van der Waals surface area contributed by atoms with Gasteiger partial charge < -0.3 is 10.2 Å². The smallest absolute Gasteiger partial charge is 0.311 e. The molecule has 8 nitrogen and oxygen atoms in total. The number of halogens is 2. The van der Waals surface area contributed by atoms with E-state index in [1.807, 2.05) is 0 Å². The number of hydrogen-bond acceptors (Lipinski definition) is 6. The van der Waals surface area contributed by atoms with Gasteiger partial charge in [-0.2, -0.15) is 0 Å². The van der Waals surface area contributed by atoms with Crippen LogP contribution in [0, 0.1) is 34.1 Å². The van der Waals surface area contributed by atoms with Crippen LogP contribution < -0.4 is 0 Å². The Balaban J connectivity index is 2.80. The zero-order valence-electron chi connectivity index (χ0n) is 13.5. The van der Waals surface area contributed by atoms with Gasteiger partial charge in [0.15, 0.2) is 11.5 Å². The van der Waals surface area contributed by atoms with Crippen LogP contribution in [0.1, 0.15) is 22.3 Å². The van der Waals surface area contributed by atoms with E-state index >= 15 is 0 Å². The van der Waals surface area contributed by atoms with E-state index in [1.165, 1.54) is 26.0 Å². The van der Waals surface area contributed by atoms with Gasteiger partial charge in [-0.1, -0.05) is 23.2 Å². The van der Waals surface area contributed by atoms with Crippen LogP contribution in [-0.2, 0) is 0 Å². The van der Waals surface area contributed by atoms with Gasteiger partial charge in [-0.15, -0.1) is 0 Å². The average molecular weight is 399 g/mol. The molecule has 0 aliphatic carbocycles. The maximum absolute atomic E-state index is 11.1. The number of phenols is 2. The fraction of sp³-hybridized carbons (Fsp3) is 0.125. The number of aryl methyl sites for hydroxylation is 2. The zero-order valence-corrected chi connectivity index (χ0v) is 15.0. The molecule has 0 aromatic heterocycles. The summed E-state index contributed by atoms with van der Waals surface area (Å²) in [6.07, 6.45) is 0. The average Bonchev–Trinajstić information content (AvgIpc) is 2.52. The lowest BCUT2D eigenvalue weighted by atomic mass is 9.95. The number of nitro benzene ring substituents is 2. The molecule has 0 fully saturated rings. The van der Waals surface area contributed by atoms with Crippen LogP contribution in [0.3, 0.4) is 0 Å². The van der Waals surface area contributed by atoms with Crippen molar-refractivity contribution in [3.05, 3.63) is 71.2 Å². The van der Waals surface area contributed by atoms with E-state index in [2.05, 4.69) is 0 Å². The second-order valence-corrected chi connectivity index (χ2v) is 6.42. The predicted octanol–water partition coefficient (Wildman–Crippen LogP) is 4.73. The second-order valence-electron chi connectivity index (χ2n) is 5.47. The summed E-state index contributed by atoms with van der Waals surface area (Å²) in [7, 11) is 0. The van der Waals surface area contributed by atoms with E-state index in [0.29, 0.717) is 0 Å². The highest BCUT2D eigenvalue weighted by Crippen LogP contribution is 2.41. The van der Waals surface area contributed by atoms with Gasteiger partial charge >= 0.3 is 11.4 Å². The molecule has 0 saturated carbocycles. The first-order chi connectivity index (χ1) is 12.0. The van der Waals surface area contributed by atoms with Crippen LogP contribution in [0.5, 0.6) is 11.5 Å². The molecule has 26 heavy (non-hydrogen) atoms. The van der Waals surface area contributed by atoms with Gasteiger partial charge in [-0.3, -0.25) is 20.2 Å². The molecule has 0 atom stereocenters. The van der Waals surface area contributed by atoms with Crippen molar-refractivity contribution in [1.29, 1.82) is 0 Å². The molecule has 2 rings (SSSR count). The Morgan fingerprint density at radius 1 is 0.846 bits per heavy atom. The van der Waals surface area contributed by atoms with Crippen molar-refractivity contribution in [3.63, 3.8) is 0 Å². The molecule has 136 valence electrons. The van der Waals surface area contributed by atoms with E-state index in [-0.39, 0.29) is 32.3 Å². The Kier molecular flexibility index (Phi) is 5.38. The minimum absolute atomic E-state index is 0.0886. The van der Waals surface area contributed by atoms with Gasteiger partial charge in [0, 0.05) is 17.7 Å². The van der Waals surface area contributed by atoms with Crippen molar-refractivity contribution < 1.29 is 20.1 Å². The number of phenolic OH excluding ortho intramolecular Hbond substituents is 2. The number of nitrogens with zero attached hydrogens (tertiary/aromatic N) is 2. The molecule has 2 N–H and O–H groups in total. The molecule has 0 heterocycles. The molecule has 0 spiro atoms. The standard InChI is InChI=1S/C16H12Cl2N2O6/c1-7-3-9(5-11(14(7)21)19(23)24)13(16(17)18)10-4-8(2)15(22)12(6-10)20(25)26/h3-6,21-22H,1-2H3. The highest BCUT2D eigenvalue weighted by molar-refractivity contribution is 6.59. The first-order valence-corrected chi connectivity index (χ1v) is 7.82. The van der Waals surface area contributed by atoms with Gasteiger partial charge in [-0.05, 0) is 48.2 Å². The molecule has 0 aliphatic rings. The molecule has 0 amide bonds. The van der Waals surface area contributed by atoms with Crippen molar-refractivity contribution >= 4 is 40.1 Å². The van der Waals surface area contributed by atoms with Crippen molar-refractivity contribution in [2.45, 2.75) is 13.8 Å². The number of aromatic hydroxyl groups is 2. The minimum Gasteiger partial charge on any atom is -0.502 e. The Morgan fingerprint density at radius 3 is 1.46 bits per heavy atom. The number of nitro groups is 2. The van der Waals surface area contributed by atoms with Crippen LogP contribution in [0.4, 0.5) is 11.4 Å². The number of rotatable bonds is 4. The lowest BCUT2D eigenvalue weighted by molar-refractivity contribution is -0.386. The Labute approximate surface area is 157 Å². The van der Waals surface area contributed by atoms with Gasteiger partial charge in [0.2, 0.25) is 0 Å². The molecule has 0 radical (unpaired) electrons. The first kappa shape index (κ1) is 19.5. The molecule has 0 unspecified atom stereocenters. The molecule has 2 aromatic carbocycles. The van der Waals surface area contributed by atoms with Gasteiger partial charge in [0.25, 0.3) is 0 Å². The van der Waals surface area contributed by atoms with Crippen molar-refractivity contribution in [3.8, 4) is 11.5 Å². The third-order valence-corrected chi connectivity index (χ3v) is 4.10. The maximum Gasteiger partial charge on any atom is 0.311 e. The van der Waals surface area contributed by atoms with E-state index in [0.717, 1.165) is 12.1 Å². The van der Waals surface area contributed by atoms with E-state index < -0.39 is 32.7 Å². The van der Waals surface area contributed by atoms with E-state index in [1.54, 1.807) is 0 Å². The number of benzene rings is 2. The Bertz CT molecular complexity index is 896.